The van der Waals surface area contributed by atoms with Crippen molar-refractivity contribution < 1.29 is 9.90 Å². The van der Waals surface area contributed by atoms with E-state index in [1.54, 1.807) is 35.6 Å². The van der Waals surface area contributed by atoms with Crippen LogP contribution in [0.3, 0.4) is 0 Å². The van der Waals surface area contributed by atoms with Gasteiger partial charge in [0.25, 0.3) is 0 Å². The van der Waals surface area contributed by atoms with E-state index < -0.39 is 12.0 Å². The largest absolute Gasteiger partial charge is 0.479 e. The lowest BCUT2D eigenvalue weighted by Gasteiger charge is -2.23. The van der Waals surface area contributed by atoms with Crippen LogP contribution in [0.15, 0.2) is 47.1 Å². The van der Waals surface area contributed by atoms with Gasteiger partial charge in [0.1, 0.15) is 0 Å². The Hall–Kier alpha value is -1.92. The van der Waals surface area contributed by atoms with E-state index in [1.165, 1.54) is 0 Å². The van der Waals surface area contributed by atoms with Gasteiger partial charge in [-0.25, -0.2) is 9.80 Å². The molecule has 0 amide bonds. The van der Waals surface area contributed by atoms with E-state index in [2.05, 4.69) is 5.29 Å². The summed E-state index contributed by atoms with van der Waals surface area (Å²) in [6.45, 7) is 0.214. The third kappa shape index (κ3) is 3.80. The average Bonchev–Trinajstić information content (AvgIpc) is 2.97. The van der Waals surface area contributed by atoms with Gasteiger partial charge in [0.05, 0.1) is 5.29 Å². The summed E-state index contributed by atoms with van der Waals surface area (Å²) in [6.07, 6.45) is 0.553. The minimum atomic E-state index is -1.18. The first kappa shape index (κ1) is 15.5. The summed E-state index contributed by atoms with van der Waals surface area (Å²) >= 11 is 7.58. The van der Waals surface area contributed by atoms with Crippen molar-refractivity contribution in [2.24, 2.45) is 5.29 Å². The fourth-order valence-corrected chi connectivity index (χ4v) is 2.95. The van der Waals surface area contributed by atoms with Crippen LogP contribution in [-0.2, 0) is 11.2 Å². The number of hydrogen-bond acceptors (Lipinski definition) is 4. The molecule has 1 atom stereocenters. The molecule has 2 rings (SSSR count). The van der Waals surface area contributed by atoms with Crippen molar-refractivity contribution >= 4 is 28.9 Å². The topological polar surface area (TPSA) is 70.0 Å². The highest BCUT2D eigenvalue weighted by molar-refractivity contribution is 7.09. The van der Waals surface area contributed by atoms with Crippen molar-refractivity contribution in [2.75, 3.05) is 6.54 Å². The standard InChI is InChI=1S/C14H13ClN2O3S/c15-12-6-2-1-5-11(12)13(14(18)19)17(16-20)8-7-10-4-3-9-21-10/h1-6,9,13H,7-8H2,(H,18,19)/t13-/m0/s1. The number of thiophene rings is 1. The van der Waals surface area contributed by atoms with Crippen molar-refractivity contribution in [1.29, 1.82) is 0 Å². The molecule has 0 saturated heterocycles. The SMILES string of the molecule is O=NN(CCc1cccs1)[C@H](C(=O)O)c1ccccc1Cl. The van der Waals surface area contributed by atoms with Crippen molar-refractivity contribution in [2.45, 2.75) is 12.5 Å². The maximum Gasteiger partial charge on any atom is 0.332 e. The van der Waals surface area contributed by atoms with Gasteiger partial charge in [0.2, 0.25) is 0 Å². The number of halogens is 1. The van der Waals surface area contributed by atoms with E-state index in [9.17, 15) is 14.8 Å². The summed E-state index contributed by atoms with van der Waals surface area (Å²) in [5, 5.41) is 15.5. The van der Waals surface area contributed by atoms with Crippen molar-refractivity contribution in [3.05, 3.63) is 62.1 Å². The summed E-state index contributed by atoms with van der Waals surface area (Å²) in [5.74, 6) is -1.16. The molecule has 0 radical (unpaired) electrons. The lowest BCUT2D eigenvalue weighted by atomic mass is 10.1. The van der Waals surface area contributed by atoms with Crippen LogP contribution >= 0.6 is 22.9 Å². The second-order valence-electron chi connectivity index (χ2n) is 4.34. The van der Waals surface area contributed by atoms with Gasteiger partial charge >= 0.3 is 5.97 Å². The van der Waals surface area contributed by atoms with E-state index in [0.29, 0.717) is 17.0 Å². The Bertz CT molecular complexity index is 618. The van der Waals surface area contributed by atoms with Crippen LogP contribution in [0.5, 0.6) is 0 Å². The van der Waals surface area contributed by atoms with Crippen LogP contribution in [0.25, 0.3) is 0 Å². The Labute approximate surface area is 130 Å². The van der Waals surface area contributed by atoms with Crippen LogP contribution in [-0.4, -0.2) is 22.6 Å². The number of carboxylic acids is 1. The molecule has 0 saturated carbocycles. The molecule has 0 aliphatic rings. The summed E-state index contributed by atoms with van der Waals surface area (Å²) in [5.41, 5.74) is 0.359. The summed E-state index contributed by atoms with van der Waals surface area (Å²) < 4.78 is 0. The molecule has 1 heterocycles. The minimum absolute atomic E-state index is 0.214. The molecule has 2 aromatic rings. The van der Waals surface area contributed by atoms with Gasteiger partial charge in [-0.05, 0) is 17.5 Å². The maximum absolute atomic E-state index is 11.5. The third-order valence-corrected chi connectivity index (χ3v) is 4.28. The predicted octanol–water partition coefficient (Wildman–Crippen LogP) is 3.75. The van der Waals surface area contributed by atoms with Gasteiger partial charge in [-0.3, -0.25) is 0 Å². The van der Waals surface area contributed by atoms with Gasteiger partial charge in [0.15, 0.2) is 6.04 Å². The van der Waals surface area contributed by atoms with E-state index in [1.807, 2.05) is 17.5 Å². The maximum atomic E-state index is 11.5. The zero-order valence-electron chi connectivity index (χ0n) is 11.0. The molecule has 0 bridgehead atoms. The highest BCUT2D eigenvalue weighted by atomic mass is 35.5. The first-order valence-corrected chi connectivity index (χ1v) is 7.48. The molecule has 1 N–H and O–H groups in total. The van der Waals surface area contributed by atoms with E-state index in [0.717, 1.165) is 9.89 Å². The van der Waals surface area contributed by atoms with Crippen LogP contribution in [0.1, 0.15) is 16.5 Å². The molecule has 0 unspecified atom stereocenters. The van der Waals surface area contributed by atoms with Gasteiger partial charge in [-0.2, -0.15) is 0 Å². The normalized spacial score (nSPS) is 11.9. The van der Waals surface area contributed by atoms with Crippen LogP contribution in [0.4, 0.5) is 0 Å². The highest BCUT2D eigenvalue weighted by Crippen LogP contribution is 2.28. The van der Waals surface area contributed by atoms with E-state index in [4.69, 9.17) is 11.6 Å². The van der Waals surface area contributed by atoms with Gasteiger partial charge in [-0.15, -0.1) is 16.2 Å². The second kappa shape index (κ2) is 7.19. The fourth-order valence-electron chi connectivity index (χ4n) is 2.01. The van der Waals surface area contributed by atoms with Gasteiger partial charge < -0.3 is 5.11 Å². The molecule has 21 heavy (non-hydrogen) atoms. The number of carbonyl (C=O) groups is 1. The number of nitrogens with zero attached hydrogens (tertiary/aromatic N) is 2. The lowest BCUT2D eigenvalue weighted by Crippen LogP contribution is -2.31. The Kier molecular flexibility index (Phi) is 5.30. The lowest BCUT2D eigenvalue weighted by molar-refractivity contribution is -0.143. The number of rotatable bonds is 7. The predicted molar refractivity (Wildman–Crippen MR) is 82.4 cm³/mol. The van der Waals surface area contributed by atoms with Gasteiger partial charge in [-0.1, -0.05) is 35.9 Å². The third-order valence-electron chi connectivity index (χ3n) is 3.00. The molecule has 1 aromatic carbocycles. The average molecular weight is 325 g/mol. The molecule has 0 spiro atoms. The number of hydrogen-bond donors (Lipinski definition) is 1. The van der Waals surface area contributed by atoms with Crippen LogP contribution in [0, 0.1) is 4.91 Å². The summed E-state index contributed by atoms with van der Waals surface area (Å²) in [4.78, 5) is 23.6. The number of benzene rings is 1. The van der Waals surface area contributed by atoms with Crippen LogP contribution in [0.2, 0.25) is 5.02 Å². The molecule has 7 heteroatoms. The quantitative estimate of drug-likeness (QED) is 0.622. The van der Waals surface area contributed by atoms with Crippen molar-refractivity contribution in [1.82, 2.24) is 5.01 Å². The highest BCUT2D eigenvalue weighted by Gasteiger charge is 2.29. The molecule has 0 aliphatic heterocycles. The Morgan fingerprint density at radius 2 is 2.10 bits per heavy atom. The Morgan fingerprint density at radius 1 is 1.33 bits per heavy atom. The first-order valence-electron chi connectivity index (χ1n) is 6.23. The molecular weight excluding hydrogens is 312 g/mol. The summed E-state index contributed by atoms with van der Waals surface area (Å²) in [7, 11) is 0. The number of aliphatic carboxylic acids is 1. The van der Waals surface area contributed by atoms with E-state index >= 15 is 0 Å². The molecular formula is C14H13ClN2O3S. The molecule has 1 aromatic heterocycles. The smallest absolute Gasteiger partial charge is 0.332 e. The zero-order chi connectivity index (χ0) is 15.2. The Morgan fingerprint density at radius 3 is 2.67 bits per heavy atom. The van der Waals surface area contributed by atoms with Crippen molar-refractivity contribution in [3.63, 3.8) is 0 Å². The second-order valence-corrected chi connectivity index (χ2v) is 5.78. The fraction of sp³-hybridized carbons (Fsp3) is 0.214. The Balaban J connectivity index is 2.21. The number of carboxylic acid groups (broad SMARTS) is 1. The van der Waals surface area contributed by atoms with Crippen LogP contribution < -0.4 is 0 Å². The molecule has 0 aliphatic carbocycles. The van der Waals surface area contributed by atoms with E-state index in [-0.39, 0.29) is 6.54 Å². The van der Waals surface area contributed by atoms with Gasteiger partial charge in [0, 0.05) is 28.4 Å². The monoisotopic (exact) mass is 324 g/mol. The summed E-state index contributed by atoms with van der Waals surface area (Å²) in [6, 6.07) is 9.21. The van der Waals surface area contributed by atoms with Crippen molar-refractivity contribution in [3.8, 4) is 0 Å². The number of nitroso groups, excluding NO2 is 1. The first-order chi connectivity index (χ1) is 10.1. The molecule has 0 fully saturated rings. The molecule has 5 nitrogen and oxygen atoms in total. The minimum Gasteiger partial charge on any atom is -0.479 e. The molecule has 110 valence electrons. The zero-order valence-corrected chi connectivity index (χ0v) is 12.5.